The summed E-state index contributed by atoms with van der Waals surface area (Å²) in [7, 11) is 0. The molecule has 2 aromatic carbocycles. The van der Waals surface area contributed by atoms with E-state index in [1.807, 2.05) is 0 Å². The van der Waals surface area contributed by atoms with Crippen molar-refractivity contribution < 1.29 is 13.2 Å². The van der Waals surface area contributed by atoms with E-state index in [9.17, 15) is 13.2 Å². The molecular formula is C22H21F3N4. The van der Waals surface area contributed by atoms with Gasteiger partial charge in [0.2, 0.25) is 0 Å². The van der Waals surface area contributed by atoms with Gasteiger partial charge >= 0.3 is 6.18 Å². The first-order chi connectivity index (χ1) is 13.9. The van der Waals surface area contributed by atoms with E-state index < -0.39 is 11.7 Å². The van der Waals surface area contributed by atoms with Crippen LogP contribution in [0.25, 0.3) is 22.2 Å². The van der Waals surface area contributed by atoms with Crippen LogP contribution in [0, 0.1) is 0 Å². The van der Waals surface area contributed by atoms with Crippen molar-refractivity contribution in [2.45, 2.75) is 43.8 Å². The lowest BCUT2D eigenvalue weighted by molar-refractivity contribution is -0.137. The average Bonchev–Trinajstić information content (AvgIpc) is 3.32. The Hall–Kier alpha value is -2.83. The maximum absolute atomic E-state index is 13.4. The largest absolute Gasteiger partial charge is 0.417 e. The second-order valence-electron chi connectivity index (χ2n) is 7.99. The lowest BCUT2D eigenvalue weighted by atomic mass is 9.82. The summed E-state index contributed by atoms with van der Waals surface area (Å²) in [4.78, 5) is 12.5. The third-order valence-corrected chi connectivity index (χ3v) is 5.98. The molecule has 0 amide bonds. The summed E-state index contributed by atoms with van der Waals surface area (Å²) in [5, 5.41) is 3.57. The van der Waals surface area contributed by atoms with E-state index in [2.05, 4.69) is 20.3 Å². The third kappa shape index (κ3) is 3.28. The van der Waals surface area contributed by atoms with Crippen LogP contribution in [0.3, 0.4) is 0 Å². The van der Waals surface area contributed by atoms with E-state index in [0.717, 1.165) is 36.8 Å². The van der Waals surface area contributed by atoms with Gasteiger partial charge in [-0.1, -0.05) is 43.5 Å². The number of aliphatic imine (C=N–C) groups is 1. The lowest BCUT2D eigenvalue weighted by Crippen LogP contribution is -2.47. The first-order valence-electron chi connectivity index (χ1n) is 9.93. The number of H-pyrrole nitrogens is 1. The van der Waals surface area contributed by atoms with Gasteiger partial charge in [0.15, 0.2) is 11.7 Å². The van der Waals surface area contributed by atoms with Crippen LogP contribution in [0.2, 0.25) is 0 Å². The third-order valence-electron chi connectivity index (χ3n) is 5.98. The molecule has 0 unspecified atom stereocenters. The summed E-state index contributed by atoms with van der Waals surface area (Å²) in [6.07, 6.45) is 1.50. The highest BCUT2D eigenvalue weighted by atomic mass is 19.4. The van der Waals surface area contributed by atoms with Crippen molar-refractivity contribution in [3.05, 3.63) is 53.9 Å². The molecule has 0 bridgehead atoms. The number of hydrogen-bond acceptors (Lipinski definition) is 3. The van der Waals surface area contributed by atoms with Crippen LogP contribution < -0.4 is 5.32 Å². The Morgan fingerprint density at radius 2 is 1.76 bits per heavy atom. The number of alkyl halides is 3. The fourth-order valence-corrected chi connectivity index (χ4v) is 4.47. The second kappa shape index (κ2) is 6.61. The van der Waals surface area contributed by atoms with Gasteiger partial charge in [0.1, 0.15) is 0 Å². The van der Waals surface area contributed by atoms with Crippen molar-refractivity contribution in [2.75, 3.05) is 6.54 Å². The monoisotopic (exact) mass is 398 g/mol. The van der Waals surface area contributed by atoms with E-state index in [-0.39, 0.29) is 11.1 Å². The number of aromatic amines is 1. The molecule has 1 spiro atoms. The minimum atomic E-state index is -4.40. The Labute approximate surface area is 166 Å². The van der Waals surface area contributed by atoms with Crippen LogP contribution in [-0.4, -0.2) is 27.9 Å². The first kappa shape index (κ1) is 18.2. The van der Waals surface area contributed by atoms with Gasteiger partial charge in [0.25, 0.3) is 0 Å². The van der Waals surface area contributed by atoms with Crippen LogP contribution in [0.5, 0.6) is 0 Å². The van der Waals surface area contributed by atoms with Gasteiger partial charge in [-0.25, -0.2) is 4.98 Å². The summed E-state index contributed by atoms with van der Waals surface area (Å²) >= 11 is 0. The van der Waals surface area contributed by atoms with Gasteiger partial charge in [-0.2, -0.15) is 13.2 Å². The number of amidine groups is 1. The lowest BCUT2D eigenvalue weighted by Gasteiger charge is -2.33. The van der Waals surface area contributed by atoms with Crippen molar-refractivity contribution in [3.63, 3.8) is 0 Å². The summed E-state index contributed by atoms with van der Waals surface area (Å²) < 4.78 is 40.2. The van der Waals surface area contributed by atoms with Gasteiger partial charge < -0.3 is 10.3 Å². The quantitative estimate of drug-likeness (QED) is 0.615. The SMILES string of the molecule is FC(F)(F)c1ccccc1-c1ccc2[nH]c(C3=NCC4(CCCCC4)N3)nc2c1. The van der Waals surface area contributed by atoms with Gasteiger partial charge in [-0.3, -0.25) is 4.99 Å². The highest BCUT2D eigenvalue weighted by molar-refractivity contribution is 6.00. The van der Waals surface area contributed by atoms with Gasteiger partial charge in [0.05, 0.1) is 28.7 Å². The normalized spacial score (nSPS) is 18.8. The minimum absolute atomic E-state index is 0.0450. The zero-order valence-corrected chi connectivity index (χ0v) is 15.8. The molecule has 1 saturated carbocycles. The number of imidazole rings is 1. The van der Waals surface area contributed by atoms with E-state index in [1.54, 1.807) is 24.3 Å². The van der Waals surface area contributed by atoms with Crippen molar-refractivity contribution in [3.8, 4) is 11.1 Å². The zero-order chi connectivity index (χ0) is 20.1. The molecule has 150 valence electrons. The second-order valence-corrected chi connectivity index (χ2v) is 7.99. The number of benzene rings is 2. The molecule has 0 atom stereocenters. The highest BCUT2D eigenvalue weighted by Crippen LogP contribution is 2.37. The number of aromatic nitrogens is 2. The van der Waals surface area contributed by atoms with Gasteiger partial charge in [-0.15, -0.1) is 0 Å². The molecular weight excluding hydrogens is 377 g/mol. The summed E-state index contributed by atoms with van der Waals surface area (Å²) in [6.45, 7) is 0.754. The van der Waals surface area contributed by atoms with Crippen LogP contribution in [0.1, 0.15) is 43.5 Å². The average molecular weight is 398 g/mol. The fourth-order valence-electron chi connectivity index (χ4n) is 4.47. The molecule has 4 nitrogen and oxygen atoms in total. The Balaban J connectivity index is 1.48. The van der Waals surface area contributed by atoms with Crippen LogP contribution >= 0.6 is 0 Å². The van der Waals surface area contributed by atoms with E-state index >= 15 is 0 Å². The molecule has 7 heteroatoms. The van der Waals surface area contributed by atoms with Crippen molar-refractivity contribution in [1.82, 2.24) is 15.3 Å². The molecule has 1 aliphatic heterocycles. The van der Waals surface area contributed by atoms with Crippen molar-refractivity contribution in [1.29, 1.82) is 0 Å². The summed E-state index contributed by atoms with van der Waals surface area (Å²) in [6, 6.07) is 10.8. The van der Waals surface area contributed by atoms with E-state index in [4.69, 9.17) is 0 Å². The van der Waals surface area contributed by atoms with Crippen LogP contribution in [0.15, 0.2) is 47.5 Å². The molecule has 1 fully saturated rings. The van der Waals surface area contributed by atoms with Crippen molar-refractivity contribution in [2.24, 2.45) is 4.99 Å². The molecule has 3 aromatic rings. The molecule has 0 saturated heterocycles. The van der Waals surface area contributed by atoms with E-state index in [1.165, 1.54) is 31.4 Å². The smallest absolute Gasteiger partial charge is 0.360 e. The Morgan fingerprint density at radius 3 is 2.55 bits per heavy atom. The predicted octanol–water partition coefficient (Wildman–Crippen LogP) is 5.30. The van der Waals surface area contributed by atoms with Crippen molar-refractivity contribution >= 4 is 16.9 Å². The molecule has 2 aliphatic rings. The predicted molar refractivity (Wildman–Crippen MR) is 107 cm³/mol. The number of hydrogen-bond donors (Lipinski definition) is 2. The number of halogens is 3. The van der Waals surface area contributed by atoms with Gasteiger partial charge in [0, 0.05) is 0 Å². The molecule has 5 rings (SSSR count). The maximum Gasteiger partial charge on any atom is 0.417 e. The van der Waals surface area contributed by atoms with Crippen LogP contribution in [0.4, 0.5) is 13.2 Å². The maximum atomic E-state index is 13.4. The molecule has 2 heterocycles. The molecule has 2 N–H and O–H groups in total. The zero-order valence-electron chi connectivity index (χ0n) is 15.8. The molecule has 1 aromatic heterocycles. The summed E-state index contributed by atoms with van der Waals surface area (Å²) in [5.41, 5.74) is 1.46. The van der Waals surface area contributed by atoms with E-state index in [0.29, 0.717) is 16.9 Å². The number of fused-ring (bicyclic) bond motifs is 1. The minimum Gasteiger partial charge on any atom is -0.360 e. The topological polar surface area (TPSA) is 53.1 Å². The molecule has 0 radical (unpaired) electrons. The highest BCUT2D eigenvalue weighted by Gasteiger charge is 2.37. The first-order valence-corrected chi connectivity index (χ1v) is 9.93. The number of nitrogens with zero attached hydrogens (tertiary/aromatic N) is 2. The standard InChI is InChI=1S/C22H21F3N4/c23-22(24,25)16-7-3-2-6-15(16)14-8-9-17-18(12-14)28-20(27-17)19-26-13-21(29-19)10-4-1-5-11-21/h2-3,6-9,12H,1,4-5,10-11,13H2,(H,26,29)(H,27,28). The Bertz CT molecular complexity index is 1090. The van der Waals surface area contributed by atoms with Crippen LogP contribution in [-0.2, 0) is 6.18 Å². The Morgan fingerprint density at radius 1 is 0.966 bits per heavy atom. The molecule has 1 aliphatic carbocycles. The molecule has 29 heavy (non-hydrogen) atoms. The fraction of sp³-hybridized carbons (Fsp3) is 0.364. The summed E-state index contributed by atoms with van der Waals surface area (Å²) in [5.74, 6) is 1.39. The van der Waals surface area contributed by atoms with Gasteiger partial charge in [-0.05, 0) is 42.2 Å². The number of rotatable bonds is 2. The number of nitrogens with one attached hydrogen (secondary N) is 2. The Kier molecular flexibility index (Phi) is 4.15.